The van der Waals surface area contributed by atoms with Crippen LogP contribution in [-0.2, 0) is 7.05 Å². The van der Waals surface area contributed by atoms with Crippen molar-refractivity contribution < 1.29 is 5.11 Å². The molecule has 1 aromatic carbocycles. The molecule has 0 bridgehead atoms. The van der Waals surface area contributed by atoms with Crippen molar-refractivity contribution in [2.45, 2.75) is 57.7 Å². The molecular weight excluding hydrogens is 392 g/mol. The first kappa shape index (κ1) is 21.2. The molecule has 9 heteroatoms. The van der Waals surface area contributed by atoms with Crippen LogP contribution in [0.3, 0.4) is 0 Å². The molecule has 2 N–H and O–H groups in total. The van der Waals surface area contributed by atoms with Gasteiger partial charge in [0.1, 0.15) is 17.1 Å². The molecule has 2 aromatic heterocycles. The van der Waals surface area contributed by atoms with Gasteiger partial charge in [-0.25, -0.2) is 4.98 Å². The molecule has 164 valence electrons. The number of aromatic hydroxyl groups is 1. The van der Waals surface area contributed by atoms with E-state index in [-0.39, 0.29) is 16.8 Å². The van der Waals surface area contributed by atoms with Crippen molar-refractivity contribution in [2.24, 2.45) is 7.05 Å². The lowest BCUT2D eigenvalue weighted by molar-refractivity contribution is 0.160. The van der Waals surface area contributed by atoms with Gasteiger partial charge in [0, 0.05) is 42.3 Å². The molecule has 0 radical (unpaired) electrons. The molecular formula is C22H30N8O. The van der Waals surface area contributed by atoms with Crippen molar-refractivity contribution in [1.82, 2.24) is 35.5 Å². The third kappa shape index (κ3) is 4.51. The summed E-state index contributed by atoms with van der Waals surface area (Å²) in [7, 11) is 3.77. The number of aryl methyl sites for hydroxylation is 1. The van der Waals surface area contributed by atoms with E-state index < -0.39 is 0 Å². The Hall–Kier alpha value is -3.07. The van der Waals surface area contributed by atoms with Crippen LogP contribution in [0.25, 0.3) is 22.5 Å². The summed E-state index contributed by atoms with van der Waals surface area (Å²) in [5.41, 5.74) is 2.63. The van der Waals surface area contributed by atoms with Crippen LogP contribution in [0.2, 0.25) is 0 Å². The van der Waals surface area contributed by atoms with E-state index in [2.05, 4.69) is 63.3 Å². The molecule has 31 heavy (non-hydrogen) atoms. The third-order valence-electron chi connectivity index (χ3n) is 5.75. The van der Waals surface area contributed by atoms with Gasteiger partial charge < -0.3 is 15.3 Å². The van der Waals surface area contributed by atoms with Gasteiger partial charge in [0.05, 0.1) is 12.4 Å². The zero-order chi connectivity index (χ0) is 22.4. The van der Waals surface area contributed by atoms with Gasteiger partial charge in [-0.05, 0) is 52.7 Å². The van der Waals surface area contributed by atoms with Crippen LogP contribution >= 0.6 is 0 Å². The van der Waals surface area contributed by atoms with E-state index in [1.807, 2.05) is 13.1 Å². The first-order valence-corrected chi connectivity index (χ1v) is 10.4. The van der Waals surface area contributed by atoms with Crippen molar-refractivity contribution in [3.63, 3.8) is 0 Å². The van der Waals surface area contributed by atoms with Gasteiger partial charge in [0.2, 0.25) is 5.95 Å². The average molecular weight is 423 g/mol. The summed E-state index contributed by atoms with van der Waals surface area (Å²) in [4.78, 5) is 8.14. The zero-order valence-corrected chi connectivity index (χ0v) is 19.0. The Bertz CT molecular complexity index is 1060. The van der Waals surface area contributed by atoms with Crippen LogP contribution in [0.1, 0.15) is 40.5 Å². The Morgan fingerprint density at radius 2 is 1.77 bits per heavy atom. The number of phenols is 1. The molecule has 0 atom stereocenters. The molecule has 1 aliphatic rings. The Balaban J connectivity index is 1.54. The number of nitrogens with one attached hydrogen (secondary N) is 1. The van der Waals surface area contributed by atoms with E-state index in [0.717, 1.165) is 18.4 Å². The molecule has 9 nitrogen and oxygen atoms in total. The van der Waals surface area contributed by atoms with Crippen LogP contribution in [0.15, 0.2) is 30.6 Å². The standard InChI is InChI=1S/C22H30N8O/c1-21(2)10-15(11-22(3,4)28-21)29(5)20-23-12-18(25-26-20)16-8-7-14(9-19(16)31)17-13-24-30(6)27-17/h7-9,12-13,15,28,31H,10-11H2,1-6H3. The number of aromatic nitrogens is 6. The van der Waals surface area contributed by atoms with Gasteiger partial charge in [-0.3, -0.25) is 0 Å². The van der Waals surface area contributed by atoms with Crippen molar-refractivity contribution >= 4 is 5.95 Å². The Kier molecular flexibility index (Phi) is 5.17. The normalized spacial score (nSPS) is 18.1. The number of anilines is 1. The van der Waals surface area contributed by atoms with Gasteiger partial charge in [-0.2, -0.15) is 15.0 Å². The molecule has 0 spiro atoms. The number of phenolic OH excluding ortho intramolecular Hbond substituents is 1. The Labute approximate surface area is 182 Å². The first-order valence-electron chi connectivity index (χ1n) is 10.4. The predicted molar refractivity (Wildman–Crippen MR) is 120 cm³/mol. The van der Waals surface area contributed by atoms with Gasteiger partial charge >= 0.3 is 0 Å². The summed E-state index contributed by atoms with van der Waals surface area (Å²) in [6, 6.07) is 5.63. The molecule has 3 heterocycles. The van der Waals surface area contributed by atoms with E-state index in [4.69, 9.17) is 0 Å². The van der Waals surface area contributed by atoms with E-state index in [1.165, 1.54) is 4.80 Å². The lowest BCUT2D eigenvalue weighted by Crippen LogP contribution is -2.62. The molecule has 0 amide bonds. The maximum Gasteiger partial charge on any atom is 0.245 e. The van der Waals surface area contributed by atoms with Crippen LogP contribution in [0.5, 0.6) is 5.75 Å². The maximum atomic E-state index is 10.5. The molecule has 0 saturated carbocycles. The lowest BCUT2D eigenvalue weighted by atomic mass is 9.79. The fourth-order valence-electron chi connectivity index (χ4n) is 4.65. The SMILES string of the molecule is CN(c1ncc(-c2ccc(-c3cnn(C)n3)cc2O)nn1)C1CC(C)(C)NC(C)(C)C1. The summed E-state index contributed by atoms with van der Waals surface area (Å²) in [6.07, 6.45) is 5.29. The fourth-order valence-corrected chi connectivity index (χ4v) is 4.65. The summed E-state index contributed by atoms with van der Waals surface area (Å²) in [5, 5.41) is 31.3. The first-order chi connectivity index (χ1) is 14.5. The fraction of sp³-hybridized carbons (Fsp3) is 0.500. The van der Waals surface area contributed by atoms with Crippen molar-refractivity contribution in [1.29, 1.82) is 0 Å². The van der Waals surface area contributed by atoms with Gasteiger partial charge in [0.15, 0.2) is 0 Å². The minimum absolute atomic E-state index is 0.0325. The lowest BCUT2D eigenvalue weighted by Gasteiger charge is -2.48. The highest BCUT2D eigenvalue weighted by atomic mass is 16.3. The largest absolute Gasteiger partial charge is 0.507 e. The van der Waals surface area contributed by atoms with E-state index in [0.29, 0.717) is 28.9 Å². The Morgan fingerprint density at radius 3 is 2.32 bits per heavy atom. The monoisotopic (exact) mass is 422 g/mol. The van der Waals surface area contributed by atoms with E-state index >= 15 is 0 Å². The smallest absolute Gasteiger partial charge is 0.245 e. The average Bonchev–Trinajstić information content (AvgIpc) is 3.11. The van der Waals surface area contributed by atoms with E-state index in [1.54, 1.807) is 31.6 Å². The van der Waals surface area contributed by atoms with Crippen molar-refractivity contribution in [3.8, 4) is 28.3 Å². The quantitative estimate of drug-likeness (QED) is 0.661. The minimum Gasteiger partial charge on any atom is -0.507 e. The van der Waals surface area contributed by atoms with Crippen LogP contribution in [0.4, 0.5) is 5.95 Å². The van der Waals surface area contributed by atoms with Gasteiger partial charge in [0.25, 0.3) is 0 Å². The van der Waals surface area contributed by atoms with Crippen LogP contribution < -0.4 is 10.2 Å². The van der Waals surface area contributed by atoms with Crippen molar-refractivity contribution in [3.05, 3.63) is 30.6 Å². The molecule has 1 aliphatic heterocycles. The highest BCUT2D eigenvalue weighted by Gasteiger charge is 2.39. The number of nitrogens with zero attached hydrogens (tertiary/aromatic N) is 7. The zero-order valence-electron chi connectivity index (χ0n) is 19.0. The van der Waals surface area contributed by atoms with Gasteiger partial charge in [-0.15, -0.1) is 10.2 Å². The maximum absolute atomic E-state index is 10.5. The summed E-state index contributed by atoms with van der Waals surface area (Å²) >= 11 is 0. The molecule has 1 saturated heterocycles. The summed E-state index contributed by atoms with van der Waals surface area (Å²) < 4.78 is 0. The number of benzene rings is 1. The molecule has 4 rings (SSSR count). The summed E-state index contributed by atoms with van der Waals surface area (Å²) in [5.74, 6) is 0.681. The van der Waals surface area contributed by atoms with Crippen LogP contribution in [0, 0.1) is 0 Å². The third-order valence-corrected chi connectivity index (χ3v) is 5.75. The number of rotatable bonds is 4. The number of hydrogen-bond acceptors (Lipinski definition) is 8. The minimum atomic E-state index is 0.0325. The second-order valence-corrected chi connectivity index (χ2v) is 9.66. The summed E-state index contributed by atoms with van der Waals surface area (Å²) in [6.45, 7) is 8.91. The molecule has 3 aromatic rings. The molecule has 1 fully saturated rings. The molecule has 0 aliphatic carbocycles. The topological polar surface area (TPSA) is 105 Å². The second-order valence-electron chi connectivity index (χ2n) is 9.66. The predicted octanol–water partition coefficient (Wildman–Crippen LogP) is 2.79. The highest BCUT2D eigenvalue weighted by molar-refractivity contribution is 5.72. The van der Waals surface area contributed by atoms with E-state index in [9.17, 15) is 5.11 Å². The van der Waals surface area contributed by atoms with Crippen molar-refractivity contribution in [2.75, 3.05) is 11.9 Å². The second kappa shape index (κ2) is 7.56. The number of piperidine rings is 1. The Morgan fingerprint density at radius 1 is 1.06 bits per heavy atom. The highest BCUT2D eigenvalue weighted by Crippen LogP contribution is 2.33. The van der Waals surface area contributed by atoms with Gasteiger partial charge in [-0.1, -0.05) is 6.07 Å². The number of hydrogen-bond donors (Lipinski definition) is 2. The molecule has 0 unspecified atom stereocenters. The van der Waals surface area contributed by atoms with Crippen LogP contribution in [-0.4, -0.2) is 59.4 Å².